The van der Waals surface area contributed by atoms with Crippen LogP contribution in [0.4, 0.5) is 0 Å². The largest absolute Gasteiger partial charge is 0.299 e. The monoisotopic (exact) mass is 408 g/mol. The van der Waals surface area contributed by atoms with Crippen molar-refractivity contribution >= 4 is 11.6 Å². The fraction of sp³-hybridized carbons (Fsp3) is 0.583. The molecule has 2 heterocycles. The van der Waals surface area contributed by atoms with Gasteiger partial charge in [0.1, 0.15) is 11.6 Å². The third kappa shape index (κ3) is 5.77. The Labute approximate surface area is 178 Å². The van der Waals surface area contributed by atoms with Crippen molar-refractivity contribution in [2.75, 3.05) is 0 Å². The lowest BCUT2D eigenvalue weighted by Crippen LogP contribution is -2.17. The quantitative estimate of drug-likeness (QED) is 0.649. The lowest BCUT2D eigenvalue weighted by atomic mass is 9.78. The van der Waals surface area contributed by atoms with E-state index in [1.54, 1.807) is 0 Å². The molecule has 0 spiro atoms. The molecule has 0 unspecified atom stereocenters. The minimum absolute atomic E-state index is 0.0153. The minimum atomic E-state index is 0.0153. The van der Waals surface area contributed by atoms with Gasteiger partial charge in [0.2, 0.25) is 0 Å². The van der Waals surface area contributed by atoms with Crippen molar-refractivity contribution in [1.82, 2.24) is 20.4 Å². The Morgan fingerprint density at radius 3 is 1.53 bits per heavy atom. The molecule has 2 aromatic rings. The van der Waals surface area contributed by atoms with Crippen LogP contribution >= 0.6 is 0 Å². The Hall–Kier alpha value is -2.50. The summed E-state index contributed by atoms with van der Waals surface area (Å²) in [6.45, 7) is 7.63. The second kappa shape index (κ2) is 10.0. The van der Waals surface area contributed by atoms with Crippen molar-refractivity contribution in [3.63, 3.8) is 0 Å². The van der Waals surface area contributed by atoms with E-state index in [1.807, 2.05) is 52.0 Å². The van der Waals surface area contributed by atoms with Crippen molar-refractivity contribution in [1.29, 1.82) is 0 Å². The van der Waals surface area contributed by atoms with Gasteiger partial charge in [-0.25, -0.2) is 0 Å². The molecule has 160 valence electrons. The molecule has 0 aliphatic heterocycles. The number of Topliss-reactive ketones (excluding diaryl/α,β-unsaturated/α-hetero) is 2. The molecule has 30 heavy (non-hydrogen) atoms. The molecule has 1 fully saturated rings. The van der Waals surface area contributed by atoms with E-state index < -0.39 is 0 Å². The fourth-order valence-electron chi connectivity index (χ4n) is 3.86. The van der Waals surface area contributed by atoms with Gasteiger partial charge in [0.25, 0.3) is 0 Å². The lowest BCUT2D eigenvalue weighted by molar-refractivity contribution is -0.122. The van der Waals surface area contributed by atoms with Crippen molar-refractivity contribution < 1.29 is 9.59 Å². The van der Waals surface area contributed by atoms with Crippen LogP contribution in [0.1, 0.15) is 88.0 Å². The first-order valence-corrected chi connectivity index (χ1v) is 11.0. The fourth-order valence-corrected chi connectivity index (χ4v) is 3.86. The van der Waals surface area contributed by atoms with Crippen LogP contribution < -0.4 is 0 Å². The summed E-state index contributed by atoms with van der Waals surface area (Å²) >= 11 is 0. The molecule has 2 aromatic heterocycles. The standard InChI is InChI=1S/C24H32N4O2/c1-15(2)23(29)13-19-8-10-21(27-25-19)17-6-5-7-18(12-17)22-11-9-20(26-28-22)14-24(30)16(3)4/h8-11,15-18H,5-7,12-14H2,1-4H3/t17-,18-/m0/s1. The van der Waals surface area contributed by atoms with Gasteiger partial charge in [0, 0.05) is 23.7 Å². The first kappa shape index (κ1) is 22.2. The number of nitrogens with zero attached hydrogens (tertiary/aromatic N) is 4. The molecular weight excluding hydrogens is 376 g/mol. The average molecular weight is 409 g/mol. The van der Waals surface area contributed by atoms with Crippen LogP contribution in [-0.2, 0) is 22.4 Å². The van der Waals surface area contributed by atoms with E-state index in [-0.39, 0.29) is 23.4 Å². The number of carbonyl (C=O) groups is 2. The SMILES string of the molecule is CC(C)C(=O)Cc1ccc([C@H]2CCC[C@H](c3ccc(CC(=O)C(C)C)nn3)C2)nn1. The van der Waals surface area contributed by atoms with E-state index in [4.69, 9.17) is 0 Å². The Bertz CT molecular complexity index is 788. The molecule has 3 rings (SSSR count). The zero-order valence-corrected chi connectivity index (χ0v) is 18.5. The van der Waals surface area contributed by atoms with Crippen LogP contribution in [0.2, 0.25) is 0 Å². The summed E-state index contributed by atoms with van der Waals surface area (Å²) in [4.78, 5) is 23.8. The van der Waals surface area contributed by atoms with Crippen LogP contribution in [0.5, 0.6) is 0 Å². The zero-order valence-electron chi connectivity index (χ0n) is 18.5. The molecule has 0 bridgehead atoms. The predicted molar refractivity (Wildman–Crippen MR) is 115 cm³/mol. The first-order valence-electron chi connectivity index (χ1n) is 11.0. The molecule has 6 nitrogen and oxygen atoms in total. The van der Waals surface area contributed by atoms with Crippen LogP contribution in [0.3, 0.4) is 0 Å². The van der Waals surface area contributed by atoms with Crippen molar-refractivity contribution in [2.45, 2.75) is 78.1 Å². The van der Waals surface area contributed by atoms with E-state index in [1.165, 1.54) is 0 Å². The van der Waals surface area contributed by atoms with E-state index in [0.29, 0.717) is 24.7 Å². The maximum absolute atomic E-state index is 11.9. The van der Waals surface area contributed by atoms with Crippen LogP contribution in [0, 0.1) is 11.8 Å². The van der Waals surface area contributed by atoms with Crippen molar-refractivity contribution in [3.05, 3.63) is 47.0 Å². The van der Waals surface area contributed by atoms with Gasteiger partial charge in [0.15, 0.2) is 0 Å². The maximum atomic E-state index is 11.9. The van der Waals surface area contributed by atoms with Gasteiger partial charge in [-0.05, 0) is 43.5 Å². The minimum Gasteiger partial charge on any atom is -0.299 e. The van der Waals surface area contributed by atoms with Gasteiger partial charge in [-0.3, -0.25) is 9.59 Å². The summed E-state index contributed by atoms with van der Waals surface area (Å²) in [5.74, 6) is 1.09. The Balaban J connectivity index is 1.62. The van der Waals surface area contributed by atoms with Gasteiger partial charge in [-0.2, -0.15) is 20.4 Å². The summed E-state index contributed by atoms with van der Waals surface area (Å²) in [6, 6.07) is 7.92. The molecular formula is C24H32N4O2. The zero-order chi connectivity index (χ0) is 21.7. The van der Waals surface area contributed by atoms with Crippen LogP contribution in [0.15, 0.2) is 24.3 Å². The normalized spacial score (nSPS) is 19.3. The van der Waals surface area contributed by atoms with Gasteiger partial charge >= 0.3 is 0 Å². The van der Waals surface area contributed by atoms with Gasteiger partial charge in [0.05, 0.1) is 35.6 Å². The second-order valence-corrected chi connectivity index (χ2v) is 9.06. The molecule has 0 saturated heterocycles. The highest BCUT2D eigenvalue weighted by molar-refractivity contribution is 5.82. The molecule has 6 heteroatoms. The molecule has 1 aliphatic rings. The summed E-state index contributed by atoms with van der Waals surface area (Å²) in [7, 11) is 0. The predicted octanol–water partition coefficient (Wildman–Crippen LogP) is 4.24. The Morgan fingerprint density at radius 2 is 1.20 bits per heavy atom. The molecule has 0 radical (unpaired) electrons. The second-order valence-electron chi connectivity index (χ2n) is 9.06. The van der Waals surface area contributed by atoms with Crippen molar-refractivity contribution in [2.24, 2.45) is 11.8 Å². The highest BCUT2D eigenvalue weighted by atomic mass is 16.1. The molecule has 1 saturated carbocycles. The first-order chi connectivity index (χ1) is 14.3. The van der Waals surface area contributed by atoms with Gasteiger partial charge < -0.3 is 0 Å². The number of ketones is 2. The summed E-state index contributed by atoms with van der Waals surface area (Å²) in [5.41, 5.74) is 3.46. The number of carbonyl (C=O) groups excluding carboxylic acids is 2. The van der Waals surface area contributed by atoms with E-state index in [0.717, 1.165) is 48.5 Å². The highest BCUT2D eigenvalue weighted by Gasteiger charge is 2.27. The lowest BCUT2D eigenvalue weighted by Gasteiger charge is -2.28. The maximum Gasteiger partial charge on any atom is 0.141 e. The topological polar surface area (TPSA) is 85.7 Å². The number of aromatic nitrogens is 4. The van der Waals surface area contributed by atoms with Crippen LogP contribution in [0.25, 0.3) is 0 Å². The number of rotatable bonds is 8. The third-order valence-corrected chi connectivity index (χ3v) is 5.99. The highest BCUT2D eigenvalue weighted by Crippen LogP contribution is 2.39. The smallest absolute Gasteiger partial charge is 0.141 e. The van der Waals surface area contributed by atoms with Gasteiger partial charge in [-0.1, -0.05) is 34.1 Å². The van der Waals surface area contributed by atoms with Crippen molar-refractivity contribution in [3.8, 4) is 0 Å². The van der Waals surface area contributed by atoms with E-state index in [9.17, 15) is 9.59 Å². The molecule has 1 aliphatic carbocycles. The summed E-state index contributed by atoms with van der Waals surface area (Å²) in [6.07, 6.45) is 4.95. The average Bonchev–Trinajstić information content (AvgIpc) is 2.74. The van der Waals surface area contributed by atoms with E-state index in [2.05, 4.69) is 20.4 Å². The molecule has 0 N–H and O–H groups in total. The molecule has 0 amide bonds. The summed E-state index contributed by atoms with van der Waals surface area (Å²) < 4.78 is 0. The summed E-state index contributed by atoms with van der Waals surface area (Å²) in [5, 5.41) is 17.5. The Kier molecular flexibility index (Phi) is 7.40. The molecule has 2 atom stereocenters. The van der Waals surface area contributed by atoms with Crippen LogP contribution in [-0.4, -0.2) is 32.0 Å². The number of hydrogen-bond donors (Lipinski definition) is 0. The van der Waals surface area contributed by atoms with Gasteiger partial charge in [-0.15, -0.1) is 0 Å². The Morgan fingerprint density at radius 1 is 0.767 bits per heavy atom. The number of hydrogen-bond acceptors (Lipinski definition) is 6. The van der Waals surface area contributed by atoms with E-state index >= 15 is 0 Å². The molecule has 0 aromatic carbocycles. The third-order valence-electron chi connectivity index (χ3n) is 5.99.